The van der Waals surface area contributed by atoms with Crippen LogP contribution in [0.4, 0.5) is 5.82 Å². The molecular formula is C18H21N5O3. The van der Waals surface area contributed by atoms with Crippen LogP contribution in [0.1, 0.15) is 13.3 Å². The summed E-state index contributed by atoms with van der Waals surface area (Å²) in [6.45, 7) is 4.03. The van der Waals surface area contributed by atoms with Crippen LogP contribution in [0.25, 0.3) is 10.9 Å². The lowest BCUT2D eigenvalue weighted by molar-refractivity contribution is -0.141. The molecule has 2 aliphatic heterocycles. The van der Waals surface area contributed by atoms with Gasteiger partial charge in [0.25, 0.3) is 0 Å². The fourth-order valence-electron chi connectivity index (χ4n) is 3.73. The van der Waals surface area contributed by atoms with Crippen molar-refractivity contribution in [2.45, 2.75) is 13.3 Å². The number of anilines is 1. The van der Waals surface area contributed by atoms with E-state index in [1.165, 1.54) is 0 Å². The van der Waals surface area contributed by atoms with Gasteiger partial charge in [0, 0.05) is 51.5 Å². The van der Waals surface area contributed by atoms with Crippen molar-refractivity contribution in [1.29, 1.82) is 0 Å². The second-order valence-electron chi connectivity index (χ2n) is 6.83. The molecule has 0 aliphatic carbocycles. The molecule has 2 fully saturated rings. The van der Waals surface area contributed by atoms with Crippen molar-refractivity contribution in [3.63, 3.8) is 0 Å². The molecule has 1 N–H and O–H groups in total. The van der Waals surface area contributed by atoms with Gasteiger partial charge in [0.05, 0.1) is 11.4 Å². The minimum absolute atomic E-state index is 0.0103. The maximum atomic E-state index is 12.8. The van der Waals surface area contributed by atoms with E-state index in [1.807, 2.05) is 24.3 Å². The van der Waals surface area contributed by atoms with Crippen molar-refractivity contribution in [1.82, 2.24) is 20.0 Å². The highest BCUT2D eigenvalue weighted by Crippen LogP contribution is 2.30. The van der Waals surface area contributed by atoms with Gasteiger partial charge in [-0.1, -0.05) is 12.1 Å². The van der Waals surface area contributed by atoms with Gasteiger partial charge in [-0.25, -0.2) is 0 Å². The number of carbonyl (C=O) groups is 3. The summed E-state index contributed by atoms with van der Waals surface area (Å²) in [6.07, 6.45) is 0.201. The number of fused-ring (bicyclic) bond motifs is 1. The van der Waals surface area contributed by atoms with E-state index in [0.717, 1.165) is 10.9 Å². The number of nitrogens with zero attached hydrogens (tertiary/aromatic N) is 4. The van der Waals surface area contributed by atoms with Gasteiger partial charge in [0.15, 0.2) is 5.82 Å². The molecule has 1 atom stereocenters. The number of H-pyrrole nitrogens is 1. The highest BCUT2D eigenvalue weighted by Gasteiger charge is 2.39. The van der Waals surface area contributed by atoms with Crippen molar-refractivity contribution in [3.8, 4) is 0 Å². The lowest BCUT2D eigenvalue weighted by Gasteiger charge is -2.35. The number of carbonyl (C=O) groups excluding carboxylic acids is 3. The van der Waals surface area contributed by atoms with Gasteiger partial charge < -0.3 is 9.80 Å². The molecule has 0 radical (unpaired) electrons. The average Bonchev–Trinajstić information content (AvgIpc) is 3.24. The zero-order chi connectivity index (χ0) is 18.3. The predicted octanol–water partition coefficient (Wildman–Crippen LogP) is 0.607. The summed E-state index contributed by atoms with van der Waals surface area (Å²) in [6, 6.07) is 7.63. The summed E-state index contributed by atoms with van der Waals surface area (Å²) in [4.78, 5) is 41.9. The lowest BCUT2D eigenvalue weighted by atomic mass is 10.1. The maximum absolute atomic E-state index is 12.8. The Balaban J connectivity index is 1.46. The number of rotatable bonds is 2. The van der Waals surface area contributed by atoms with Gasteiger partial charge in [-0.15, -0.1) is 0 Å². The first-order chi connectivity index (χ1) is 12.5. The molecule has 3 amide bonds. The Labute approximate surface area is 150 Å². The van der Waals surface area contributed by atoms with Crippen molar-refractivity contribution in [2.24, 2.45) is 5.92 Å². The van der Waals surface area contributed by atoms with E-state index in [-0.39, 0.29) is 30.1 Å². The molecule has 0 saturated carbocycles. The largest absolute Gasteiger partial charge is 0.339 e. The molecule has 1 aromatic heterocycles. The highest BCUT2D eigenvalue weighted by atomic mass is 16.2. The van der Waals surface area contributed by atoms with E-state index in [1.54, 1.807) is 21.6 Å². The van der Waals surface area contributed by atoms with E-state index >= 15 is 0 Å². The zero-order valence-corrected chi connectivity index (χ0v) is 14.6. The van der Waals surface area contributed by atoms with Gasteiger partial charge in [-0.05, 0) is 12.1 Å². The first kappa shape index (κ1) is 16.6. The van der Waals surface area contributed by atoms with Gasteiger partial charge in [0.2, 0.25) is 17.7 Å². The van der Waals surface area contributed by atoms with Crippen molar-refractivity contribution in [2.75, 3.05) is 37.6 Å². The molecule has 8 nitrogen and oxygen atoms in total. The van der Waals surface area contributed by atoms with Crippen molar-refractivity contribution >= 4 is 34.4 Å². The second kappa shape index (κ2) is 6.44. The predicted molar refractivity (Wildman–Crippen MR) is 95.4 cm³/mol. The molecule has 0 bridgehead atoms. The number of aromatic nitrogens is 2. The third kappa shape index (κ3) is 2.81. The van der Waals surface area contributed by atoms with Gasteiger partial charge in [0.1, 0.15) is 0 Å². The average molecular weight is 355 g/mol. The van der Waals surface area contributed by atoms with Crippen LogP contribution in [0.5, 0.6) is 0 Å². The molecule has 26 heavy (non-hydrogen) atoms. The normalized spacial score (nSPS) is 20.9. The number of hydrogen-bond donors (Lipinski definition) is 1. The Morgan fingerprint density at radius 2 is 1.81 bits per heavy atom. The zero-order valence-electron chi connectivity index (χ0n) is 14.6. The number of para-hydroxylation sites is 1. The Bertz CT molecular complexity index is 869. The molecule has 3 heterocycles. The summed E-state index contributed by atoms with van der Waals surface area (Å²) in [5, 5.41) is 8.08. The summed E-state index contributed by atoms with van der Waals surface area (Å²) >= 11 is 0. The Morgan fingerprint density at radius 3 is 2.54 bits per heavy atom. The number of nitrogens with one attached hydrogen (secondary N) is 1. The van der Waals surface area contributed by atoms with Gasteiger partial charge in [-0.3, -0.25) is 24.4 Å². The van der Waals surface area contributed by atoms with E-state index < -0.39 is 0 Å². The molecule has 8 heteroatoms. The SMILES string of the molecule is CC(=O)N1CCN(C(=O)[C@H]2CC(=O)N(c3n[nH]c4ccccc34)C2)CC1. The van der Waals surface area contributed by atoms with E-state index in [9.17, 15) is 14.4 Å². The molecular weight excluding hydrogens is 334 g/mol. The van der Waals surface area contributed by atoms with Crippen molar-refractivity contribution in [3.05, 3.63) is 24.3 Å². The standard InChI is InChI=1S/C18H21N5O3/c1-12(24)21-6-8-22(9-7-21)18(26)13-10-16(25)23(11-13)17-14-4-2-3-5-15(14)19-20-17/h2-5,13H,6-11H2,1H3,(H,19,20)/t13-/m0/s1. The summed E-state index contributed by atoms with van der Waals surface area (Å²) in [5.74, 6) is 0.167. The Kier molecular flexibility index (Phi) is 4.10. The second-order valence-corrected chi connectivity index (χ2v) is 6.83. The van der Waals surface area contributed by atoms with Crippen LogP contribution in [-0.2, 0) is 14.4 Å². The number of benzene rings is 1. The smallest absolute Gasteiger partial charge is 0.229 e. The van der Waals surface area contributed by atoms with Crippen molar-refractivity contribution < 1.29 is 14.4 Å². The Morgan fingerprint density at radius 1 is 1.12 bits per heavy atom. The highest BCUT2D eigenvalue weighted by molar-refractivity contribution is 6.05. The van der Waals surface area contributed by atoms with Crippen LogP contribution in [0, 0.1) is 5.92 Å². The first-order valence-electron chi connectivity index (χ1n) is 8.82. The summed E-state index contributed by atoms with van der Waals surface area (Å²) in [7, 11) is 0. The summed E-state index contributed by atoms with van der Waals surface area (Å²) < 4.78 is 0. The molecule has 4 rings (SSSR count). The minimum Gasteiger partial charge on any atom is -0.339 e. The number of aromatic amines is 1. The van der Waals surface area contributed by atoms with Crippen LogP contribution in [0.15, 0.2) is 24.3 Å². The molecule has 2 aliphatic rings. The maximum Gasteiger partial charge on any atom is 0.229 e. The fraction of sp³-hybridized carbons (Fsp3) is 0.444. The topological polar surface area (TPSA) is 89.6 Å². The first-order valence-corrected chi connectivity index (χ1v) is 8.82. The van der Waals surface area contributed by atoms with Crippen LogP contribution in [-0.4, -0.2) is 70.4 Å². The number of hydrogen-bond acceptors (Lipinski definition) is 4. The molecule has 1 aromatic carbocycles. The molecule has 2 aromatic rings. The lowest BCUT2D eigenvalue weighted by Crippen LogP contribution is -2.51. The van der Waals surface area contributed by atoms with Gasteiger partial charge in [-0.2, -0.15) is 5.10 Å². The number of piperazine rings is 1. The third-order valence-electron chi connectivity index (χ3n) is 5.22. The van der Waals surface area contributed by atoms with Crippen LogP contribution in [0.2, 0.25) is 0 Å². The number of amides is 3. The van der Waals surface area contributed by atoms with Crippen LogP contribution >= 0.6 is 0 Å². The van der Waals surface area contributed by atoms with Crippen LogP contribution < -0.4 is 4.90 Å². The molecule has 2 saturated heterocycles. The minimum atomic E-state index is -0.359. The van der Waals surface area contributed by atoms with E-state index in [0.29, 0.717) is 38.5 Å². The summed E-state index contributed by atoms with van der Waals surface area (Å²) in [5.41, 5.74) is 0.866. The van der Waals surface area contributed by atoms with Gasteiger partial charge >= 0.3 is 0 Å². The fourth-order valence-corrected chi connectivity index (χ4v) is 3.73. The van der Waals surface area contributed by atoms with E-state index in [2.05, 4.69) is 10.2 Å². The molecule has 0 unspecified atom stereocenters. The monoisotopic (exact) mass is 355 g/mol. The molecule has 136 valence electrons. The van der Waals surface area contributed by atoms with Crippen LogP contribution in [0.3, 0.4) is 0 Å². The Hall–Kier alpha value is -2.90. The molecule has 0 spiro atoms. The van der Waals surface area contributed by atoms with E-state index in [4.69, 9.17) is 0 Å². The third-order valence-corrected chi connectivity index (χ3v) is 5.22. The quantitative estimate of drug-likeness (QED) is 0.855.